The molecule has 1 rings (SSSR count). The molecule has 0 bridgehead atoms. The average molecular weight is 331 g/mol. The maximum absolute atomic E-state index is 11.8. The Morgan fingerprint density at radius 1 is 1.33 bits per heavy atom. The highest BCUT2D eigenvalue weighted by molar-refractivity contribution is 8.01. The number of carbonyl (C=O) groups excluding carboxylic acids is 2. The van der Waals surface area contributed by atoms with Crippen molar-refractivity contribution in [2.24, 2.45) is 5.41 Å². The quantitative estimate of drug-likeness (QED) is 0.358. The lowest BCUT2D eigenvalue weighted by Gasteiger charge is -2.15. The maximum atomic E-state index is 11.8. The predicted octanol–water partition coefficient (Wildman–Crippen LogP) is 2.96. The van der Waals surface area contributed by atoms with Crippen molar-refractivity contribution in [3.8, 4) is 0 Å². The normalized spacial score (nSPS) is 11.2. The van der Waals surface area contributed by atoms with E-state index in [9.17, 15) is 9.59 Å². The van der Waals surface area contributed by atoms with Crippen LogP contribution in [0.4, 0.5) is 5.13 Å². The van der Waals surface area contributed by atoms with E-state index in [2.05, 4.69) is 15.5 Å². The summed E-state index contributed by atoms with van der Waals surface area (Å²) in [5.41, 5.74) is -0.460. The summed E-state index contributed by atoms with van der Waals surface area (Å²) >= 11 is 2.86. The summed E-state index contributed by atoms with van der Waals surface area (Å²) in [6, 6.07) is 0. The second kappa shape index (κ2) is 8.33. The number of aromatic nitrogens is 2. The van der Waals surface area contributed by atoms with Gasteiger partial charge >= 0.3 is 5.97 Å². The summed E-state index contributed by atoms with van der Waals surface area (Å²) in [7, 11) is 0. The molecule has 0 fully saturated rings. The fraction of sp³-hybridized carbons (Fsp3) is 0.692. The van der Waals surface area contributed by atoms with Crippen molar-refractivity contribution in [1.29, 1.82) is 0 Å². The molecule has 118 valence electrons. The SMILES string of the molecule is CCOC(=O)CCCSc1nnc(NC(=O)C(C)(C)C)s1. The Balaban J connectivity index is 2.32. The second-order valence-corrected chi connectivity index (χ2v) is 7.65. The lowest BCUT2D eigenvalue weighted by molar-refractivity contribution is -0.143. The van der Waals surface area contributed by atoms with E-state index < -0.39 is 5.41 Å². The highest BCUT2D eigenvalue weighted by Crippen LogP contribution is 2.27. The molecule has 6 nitrogen and oxygen atoms in total. The predicted molar refractivity (Wildman–Crippen MR) is 84.6 cm³/mol. The number of hydrogen-bond acceptors (Lipinski definition) is 7. The highest BCUT2D eigenvalue weighted by Gasteiger charge is 2.22. The van der Waals surface area contributed by atoms with Crippen LogP contribution in [0.1, 0.15) is 40.5 Å². The molecule has 1 heterocycles. The van der Waals surface area contributed by atoms with E-state index >= 15 is 0 Å². The van der Waals surface area contributed by atoms with Gasteiger partial charge in [-0.15, -0.1) is 10.2 Å². The van der Waals surface area contributed by atoms with Crippen LogP contribution in [0, 0.1) is 5.41 Å². The molecule has 1 aromatic heterocycles. The van der Waals surface area contributed by atoms with Crippen LogP contribution in [-0.2, 0) is 14.3 Å². The molecule has 0 saturated heterocycles. The van der Waals surface area contributed by atoms with Gasteiger partial charge in [0, 0.05) is 17.6 Å². The summed E-state index contributed by atoms with van der Waals surface area (Å²) < 4.78 is 5.63. The first-order valence-electron chi connectivity index (χ1n) is 6.76. The molecule has 1 amide bonds. The lowest BCUT2D eigenvalue weighted by atomic mass is 9.96. The van der Waals surface area contributed by atoms with Crippen LogP contribution in [0.3, 0.4) is 0 Å². The molecule has 21 heavy (non-hydrogen) atoms. The van der Waals surface area contributed by atoms with E-state index in [0.717, 1.165) is 16.5 Å². The van der Waals surface area contributed by atoms with Crippen LogP contribution in [0.25, 0.3) is 0 Å². The minimum Gasteiger partial charge on any atom is -0.466 e. The molecule has 0 aromatic carbocycles. The monoisotopic (exact) mass is 331 g/mol. The molecular formula is C13H21N3O3S2. The van der Waals surface area contributed by atoms with E-state index in [-0.39, 0.29) is 11.9 Å². The highest BCUT2D eigenvalue weighted by atomic mass is 32.2. The summed E-state index contributed by atoms with van der Waals surface area (Å²) in [4.78, 5) is 23.0. The topological polar surface area (TPSA) is 81.2 Å². The lowest BCUT2D eigenvalue weighted by Crippen LogP contribution is -2.27. The van der Waals surface area contributed by atoms with Crippen LogP contribution >= 0.6 is 23.1 Å². The van der Waals surface area contributed by atoms with Crippen molar-refractivity contribution >= 4 is 40.1 Å². The van der Waals surface area contributed by atoms with Crippen molar-refractivity contribution in [2.75, 3.05) is 17.7 Å². The zero-order valence-electron chi connectivity index (χ0n) is 12.8. The number of carbonyl (C=O) groups is 2. The third-order valence-corrected chi connectivity index (χ3v) is 4.42. The summed E-state index contributed by atoms with van der Waals surface area (Å²) in [5.74, 6) is 0.506. The Kier molecular flexibility index (Phi) is 7.10. The summed E-state index contributed by atoms with van der Waals surface area (Å²) in [5, 5.41) is 11.2. The largest absolute Gasteiger partial charge is 0.466 e. The molecule has 0 aliphatic heterocycles. The van der Waals surface area contributed by atoms with Gasteiger partial charge in [-0.25, -0.2) is 0 Å². The number of nitrogens with one attached hydrogen (secondary N) is 1. The Morgan fingerprint density at radius 3 is 2.67 bits per heavy atom. The van der Waals surface area contributed by atoms with E-state index in [1.165, 1.54) is 23.1 Å². The fourth-order valence-electron chi connectivity index (χ4n) is 1.21. The van der Waals surface area contributed by atoms with Crippen molar-refractivity contribution in [3.05, 3.63) is 0 Å². The van der Waals surface area contributed by atoms with Crippen LogP contribution < -0.4 is 5.32 Å². The number of thioether (sulfide) groups is 1. The standard InChI is InChI=1S/C13H21N3O3S2/c1-5-19-9(17)7-6-8-20-12-16-15-11(21-12)14-10(18)13(2,3)4/h5-8H2,1-4H3,(H,14,15,18). The molecule has 1 N–H and O–H groups in total. The molecule has 0 radical (unpaired) electrons. The molecule has 8 heteroatoms. The van der Waals surface area contributed by atoms with Gasteiger partial charge in [0.2, 0.25) is 11.0 Å². The van der Waals surface area contributed by atoms with Crippen LogP contribution in [-0.4, -0.2) is 34.4 Å². The third kappa shape index (κ3) is 6.90. The Morgan fingerprint density at radius 2 is 2.05 bits per heavy atom. The second-order valence-electron chi connectivity index (χ2n) is 5.33. The molecule has 1 aromatic rings. The van der Waals surface area contributed by atoms with Crippen molar-refractivity contribution in [3.63, 3.8) is 0 Å². The van der Waals surface area contributed by atoms with E-state index in [1.807, 2.05) is 20.8 Å². The smallest absolute Gasteiger partial charge is 0.305 e. The van der Waals surface area contributed by atoms with Gasteiger partial charge in [0.1, 0.15) is 0 Å². The molecule has 0 unspecified atom stereocenters. The maximum Gasteiger partial charge on any atom is 0.305 e. The van der Waals surface area contributed by atoms with Gasteiger partial charge in [0.05, 0.1) is 6.61 Å². The van der Waals surface area contributed by atoms with E-state index in [1.54, 1.807) is 6.92 Å². The average Bonchev–Trinajstić information content (AvgIpc) is 2.81. The van der Waals surface area contributed by atoms with Crippen LogP contribution in [0.5, 0.6) is 0 Å². The number of ether oxygens (including phenoxy) is 1. The van der Waals surface area contributed by atoms with Gasteiger partial charge in [-0.05, 0) is 13.3 Å². The van der Waals surface area contributed by atoms with Gasteiger partial charge < -0.3 is 10.1 Å². The third-order valence-electron chi connectivity index (χ3n) is 2.36. The Labute approximate surface area is 133 Å². The molecule has 0 atom stereocenters. The number of rotatable bonds is 7. The van der Waals surface area contributed by atoms with Crippen LogP contribution in [0.15, 0.2) is 4.34 Å². The van der Waals surface area contributed by atoms with Crippen LogP contribution in [0.2, 0.25) is 0 Å². The van der Waals surface area contributed by atoms with Gasteiger partial charge in [0.15, 0.2) is 4.34 Å². The zero-order chi connectivity index (χ0) is 15.9. The van der Waals surface area contributed by atoms with Gasteiger partial charge in [-0.3, -0.25) is 9.59 Å². The minimum atomic E-state index is -0.460. The molecule has 0 aliphatic carbocycles. The first-order chi connectivity index (χ1) is 9.82. The minimum absolute atomic E-state index is 0.0856. The van der Waals surface area contributed by atoms with Gasteiger partial charge in [-0.2, -0.15) is 0 Å². The Hall–Kier alpha value is -1.15. The van der Waals surface area contributed by atoms with Gasteiger partial charge in [0.25, 0.3) is 0 Å². The number of esters is 1. The molecule has 0 spiro atoms. The van der Waals surface area contributed by atoms with E-state index in [0.29, 0.717) is 18.2 Å². The number of amides is 1. The fourth-order valence-corrected chi connectivity index (χ4v) is 2.97. The molecule has 0 saturated carbocycles. The van der Waals surface area contributed by atoms with Crippen molar-refractivity contribution in [1.82, 2.24) is 10.2 Å². The van der Waals surface area contributed by atoms with Crippen molar-refractivity contribution < 1.29 is 14.3 Å². The first kappa shape index (κ1) is 17.9. The molecule has 0 aliphatic rings. The van der Waals surface area contributed by atoms with E-state index in [4.69, 9.17) is 4.74 Å². The van der Waals surface area contributed by atoms with Crippen molar-refractivity contribution in [2.45, 2.75) is 44.9 Å². The van der Waals surface area contributed by atoms with Gasteiger partial charge in [-0.1, -0.05) is 43.9 Å². The zero-order valence-corrected chi connectivity index (χ0v) is 14.4. The number of nitrogens with zero attached hydrogens (tertiary/aromatic N) is 2. The molecular weight excluding hydrogens is 310 g/mol. The summed E-state index contributed by atoms with van der Waals surface area (Å²) in [6.45, 7) is 7.73. The number of hydrogen-bond donors (Lipinski definition) is 1. The Bertz CT molecular complexity index is 483. The number of anilines is 1. The first-order valence-corrected chi connectivity index (χ1v) is 8.56. The summed E-state index contributed by atoms with van der Waals surface area (Å²) in [6.07, 6.45) is 1.14.